The van der Waals surface area contributed by atoms with E-state index in [2.05, 4.69) is 14.9 Å². The molecule has 2 aliphatic heterocycles. The highest BCUT2D eigenvalue weighted by molar-refractivity contribution is 5.45. The standard InChI is InChI=1S/C30H28F2N4O3/c1-35-18-21-19-39-29(24(21)15-28(35)37)8-12-36(13-9-29)17-20-2-4-22(5-3-20)30(38,27-16-33-10-11-34-27)23-6-7-25(31)26(32)14-23/h2-7,10-11,14-16,18,38H,8-9,12-13,17,19H2,1H3. The van der Waals surface area contributed by atoms with Crippen molar-refractivity contribution < 1.29 is 18.6 Å². The smallest absolute Gasteiger partial charge is 0.250 e. The zero-order chi connectivity index (χ0) is 27.2. The van der Waals surface area contributed by atoms with Crippen LogP contribution in [0, 0.1) is 11.6 Å². The van der Waals surface area contributed by atoms with E-state index in [9.17, 15) is 18.7 Å². The second-order valence-corrected chi connectivity index (χ2v) is 10.3. The number of piperidine rings is 1. The Kier molecular flexibility index (Phi) is 6.37. The molecular formula is C30H28F2N4O3. The second kappa shape index (κ2) is 9.75. The summed E-state index contributed by atoms with van der Waals surface area (Å²) in [4.78, 5) is 22.9. The summed E-state index contributed by atoms with van der Waals surface area (Å²) in [5.41, 5.74) is 1.73. The molecule has 1 atom stereocenters. The highest BCUT2D eigenvalue weighted by atomic mass is 19.2. The van der Waals surface area contributed by atoms with E-state index in [0.717, 1.165) is 54.8 Å². The van der Waals surface area contributed by atoms with Crippen LogP contribution in [0.2, 0.25) is 0 Å². The van der Waals surface area contributed by atoms with E-state index in [1.165, 1.54) is 24.7 Å². The zero-order valence-electron chi connectivity index (χ0n) is 21.5. The van der Waals surface area contributed by atoms with E-state index in [1.54, 1.807) is 29.8 Å². The van der Waals surface area contributed by atoms with Gasteiger partial charge < -0.3 is 14.4 Å². The summed E-state index contributed by atoms with van der Waals surface area (Å²) < 4.78 is 35.6. The van der Waals surface area contributed by atoms with E-state index in [1.807, 2.05) is 18.3 Å². The van der Waals surface area contributed by atoms with Gasteiger partial charge in [-0.3, -0.25) is 19.7 Å². The Hall–Kier alpha value is -3.79. The van der Waals surface area contributed by atoms with Crippen molar-refractivity contribution in [3.8, 4) is 0 Å². The predicted octanol–water partition coefficient (Wildman–Crippen LogP) is 3.76. The third-order valence-corrected chi connectivity index (χ3v) is 8.02. The minimum atomic E-state index is -1.82. The summed E-state index contributed by atoms with van der Waals surface area (Å²) in [5.74, 6) is -2.04. The molecule has 1 unspecified atom stereocenters. The molecule has 2 aliphatic rings. The Morgan fingerprint density at radius 2 is 1.77 bits per heavy atom. The fraction of sp³-hybridized carbons (Fsp3) is 0.300. The molecule has 4 heterocycles. The number of ether oxygens (including phenoxy) is 1. The average Bonchev–Trinajstić information content (AvgIpc) is 3.28. The first-order valence-electron chi connectivity index (χ1n) is 12.9. The van der Waals surface area contributed by atoms with Gasteiger partial charge in [0.1, 0.15) is 0 Å². The Morgan fingerprint density at radius 3 is 2.46 bits per heavy atom. The molecule has 9 heteroatoms. The monoisotopic (exact) mass is 530 g/mol. The minimum absolute atomic E-state index is 0.0223. The average molecular weight is 531 g/mol. The lowest BCUT2D eigenvalue weighted by molar-refractivity contribution is -0.0799. The SMILES string of the molecule is Cn1cc2c(cc1=O)C1(CCN(Cc3ccc(C(O)(c4ccc(F)c(F)c4)c4cnccn4)cc3)CC1)OC2. The summed E-state index contributed by atoms with van der Waals surface area (Å²) in [7, 11) is 1.76. The van der Waals surface area contributed by atoms with Crippen LogP contribution in [0.1, 0.15) is 46.4 Å². The number of nitrogens with zero attached hydrogens (tertiary/aromatic N) is 4. The highest BCUT2D eigenvalue weighted by Crippen LogP contribution is 2.43. The molecule has 0 bridgehead atoms. The fourth-order valence-corrected chi connectivity index (χ4v) is 5.78. The van der Waals surface area contributed by atoms with Crippen LogP contribution in [-0.4, -0.2) is 37.6 Å². The van der Waals surface area contributed by atoms with Crippen LogP contribution in [0.4, 0.5) is 8.78 Å². The van der Waals surface area contributed by atoms with Gasteiger partial charge in [0, 0.05) is 56.9 Å². The van der Waals surface area contributed by atoms with Crippen molar-refractivity contribution in [1.82, 2.24) is 19.4 Å². The molecule has 2 aromatic carbocycles. The lowest BCUT2D eigenvalue weighted by Crippen LogP contribution is -2.42. The Morgan fingerprint density at radius 1 is 1.03 bits per heavy atom. The van der Waals surface area contributed by atoms with Crippen LogP contribution in [0.15, 0.2) is 78.1 Å². The van der Waals surface area contributed by atoms with Crippen molar-refractivity contribution in [3.63, 3.8) is 0 Å². The minimum Gasteiger partial charge on any atom is -0.374 e. The van der Waals surface area contributed by atoms with Gasteiger partial charge in [-0.1, -0.05) is 30.3 Å². The summed E-state index contributed by atoms with van der Waals surface area (Å²) in [6.45, 7) is 2.86. The normalized spacial score (nSPS) is 18.2. The van der Waals surface area contributed by atoms with Crippen LogP contribution in [-0.2, 0) is 36.1 Å². The maximum absolute atomic E-state index is 14.1. The van der Waals surface area contributed by atoms with Gasteiger partial charge in [-0.15, -0.1) is 0 Å². The molecule has 4 aromatic rings. The Labute approximate surface area is 224 Å². The summed E-state index contributed by atoms with van der Waals surface area (Å²) in [6, 6.07) is 12.5. The molecule has 1 saturated heterocycles. The van der Waals surface area contributed by atoms with E-state index < -0.39 is 22.8 Å². The second-order valence-electron chi connectivity index (χ2n) is 10.3. The molecule has 0 radical (unpaired) electrons. The number of hydrogen-bond donors (Lipinski definition) is 1. The molecule has 0 amide bonds. The van der Waals surface area contributed by atoms with Gasteiger partial charge in [0.15, 0.2) is 17.2 Å². The molecular weight excluding hydrogens is 502 g/mol. The van der Waals surface area contributed by atoms with Gasteiger partial charge in [0.2, 0.25) is 0 Å². The molecule has 2 aromatic heterocycles. The van der Waals surface area contributed by atoms with Gasteiger partial charge in [-0.2, -0.15) is 0 Å². The third kappa shape index (κ3) is 4.46. The van der Waals surface area contributed by atoms with Crippen molar-refractivity contribution >= 4 is 0 Å². The first-order chi connectivity index (χ1) is 18.8. The first-order valence-corrected chi connectivity index (χ1v) is 12.9. The molecule has 200 valence electrons. The van der Waals surface area contributed by atoms with Crippen molar-refractivity contribution in [1.29, 1.82) is 0 Å². The number of pyridine rings is 1. The Balaban J connectivity index is 1.21. The third-order valence-electron chi connectivity index (χ3n) is 8.02. The maximum atomic E-state index is 14.1. The molecule has 1 fully saturated rings. The maximum Gasteiger partial charge on any atom is 0.250 e. The largest absolute Gasteiger partial charge is 0.374 e. The number of aromatic nitrogens is 3. The van der Waals surface area contributed by atoms with Crippen LogP contribution in [0.3, 0.4) is 0 Å². The van der Waals surface area contributed by atoms with Crippen molar-refractivity contribution in [2.45, 2.75) is 37.2 Å². The van der Waals surface area contributed by atoms with Crippen molar-refractivity contribution in [2.24, 2.45) is 7.05 Å². The molecule has 6 rings (SSSR count). The van der Waals surface area contributed by atoms with Gasteiger partial charge >= 0.3 is 0 Å². The number of likely N-dealkylation sites (tertiary alicyclic amines) is 1. The zero-order valence-corrected chi connectivity index (χ0v) is 21.5. The van der Waals surface area contributed by atoms with Crippen LogP contribution in [0.25, 0.3) is 0 Å². The van der Waals surface area contributed by atoms with Crippen LogP contribution >= 0.6 is 0 Å². The number of aryl methyl sites for hydroxylation is 1. The summed E-state index contributed by atoms with van der Waals surface area (Å²) in [5, 5.41) is 11.8. The van der Waals surface area contributed by atoms with Gasteiger partial charge in [-0.25, -0.2) is 8.78 Å². The van der Waals surface area contributed by atoms with Gasteiger partial charge in [0.25, 0.3) is 5.56 Å². The van der Waals surface area contributed by atoms with E-state index in [0.29, 0.717) is 18.7 Å². The fourth-order valence-electron chi connectivity index (χ4n) is 5.78. The molecule has 1 spiro atoms. The summed E-state index contributed by atoms with van der Waals surface area (Å²) >= 11 is 0. The molecule has 39 heavy (non-hydrogen) atoms. The van der Waals surface area contributed by atoms with Crippen molar-refractivity contribution in [2.75, 3.05) is 13.1 Å². The molecule has 1 N–H and O–H groups in total. The van der Waals surface area contributed by atoms with Crippen LogP contribution in [0.5, 0.6) is 0 Å². The van der Waals surface area contributed by atoms with Gasteiger partial charge in [0.05, 0.1) is 24.1 Å². The van der Waals surface area contributed by atoms with Crippen molar-refractivity contribution in [3.05, 3.63) is 129 Å². The van der Waals surface area contributed by atoms with Crippen LogP contribution < -0.4 is 5.56 Å². The molecule has 0 aliphatic carbocycles. The summed E-state index contributed by atoms with van der Waals surface area (Å²) in [6.07, 6.45) is 7.82. The van der Waals surface area contributed by atoms with E-state index >= 15 is 0 Å². The molecule has 0 saturated carbocycles. The highest BCUT2D eigenvalue weighted by Gasteiger charge is 2.43. The number of rotatable bonds is 5. The van der Waals surface area contributed by atoms with E-state index in [-0.39, 0.29) is 16.8 Å². The van der Waals surface area contributed by atoms with Gasteiger partial charge in [-0.05, 0) is 47.2 Å². The Bertz CT molecular complexity index is 1570. The predicted molar refractivity (Wildman–Crippen MR) is 140 cm³/mol. The number of halogens is 2. The number of aliphatic hydroxyl groups is 1. The van der Waals surface area contributed by atoms with E-state index in [4.69, 9.17) is 4.74 Å². The lowest BCUT2D eigenvalue weighted by atomic mass is 9.83. The number of fused-ring (bicyclic) bond motifs is 2. The number of benzene rings is 2. The quantitative estimate of drug-likeness (QED) is 0.423. The molecule has 7 nitrogen and oxygen atoms in total. The number of hydrogen-bond acceptors (Lipinski definition) is 6. The topological polar surface area (TPSA) is 80.5 Å². The lowest BCUT2D eigenvalue weighted by Gasteiger charge is -2.39. The first kappa shape index (κ1) is 25.5.